The molecule has 1 aromatic rings. The first kappa shape index (κ1) is 9.46. The molecule has 0 saturated heterocycles. The van der Waals surface area contributed by atoms with E-state index in [9.17, 15) is 4.57 Å². The number of rotatable bonds is 2. The Hall–Kier alpha value is -0.630. The maximum absolute atomic E-state index is 10.8. The van der Waals surface area contributed by atoms with Crippen LogP contribution in [0.25, 0.3) is 0 Å². The van der Waals surface area contributed by atoms with Gasteiger partial charge in [0, 0.05) is 0 Å². The summed E-state index contributed by atoms with van der Waals surface area (Å²) in [7, 11) is -4.06. The van der Waals surface area contributed by atoms with E-state index in [4.69, 9.17) is 9.79 Å². The second-order valence-corrected chi connectivity index (χ2v) is 4.17. The highest BCUT2D eigenvalue weighted by atomic mass is 31.2. The summed E-state index contributed by atoms with van der Waals surface area (Å²) in [6.07, 6.45) is 0.786. The smallest absolute Gasteiger partial charge is 0.321 e. The van der Waals surface area contributed by atoms with Gasteiger partial charge in [0.05, 0.1) is 5.30 Å². The van der Waals surface area contributed by atoms with E-state index in [1.807, 2.05) is 13.0 Å². The van der Waals surface area contributed by atoms with Gasteiger partial charge in [-0.25, -0.2) is 0 Å². The molecule has 0 aliphatic heterocycles. The highest BCUT2D eigenvalue weighted by Crippen LogP contribution is 2.32. The fraction of sp³-hybridized carbons (Fsp3) is 0.250. The molecular weight excluding hydrogens is 175 g/mol. The molecule has 0 aliphatic carbocycles. The molecule has 66 valence electrons. The van der Waals surface area contributed by atoms with Crippen molar-refractivity contribution in [3.8, 4) is 0 Å². The molecule has 0 unspecified atom stereocenters. The molecule has 0 atom stereocenters. The molecule has 12 heavy (non-hydrogen) atoms. The van der Waals surface area contributed by atoms with E-state index in [0.717, 1.165) is 12.0 Å². The summed E-state index contributed by atoms with van der Waals surface area (Å²) in [5.41, 5.74) is 0.941. The quantitative estimate of drug-likeness (QED) is 0.679. The van der Waals surface area contributed by atoms with Gasteiger partial charge in [-0.15, -0.1) is 0 Å². The van der Waals surface area contributed by atoms with Gasteiger partial charge < -0.3 is 9.79 Å². The molecule has 0 spiro atoms. The van der Waals surface area contributed by atoms with E-state index in [-0.39, 0.29) is 5.30 Å². The number of benzene rings is 1. The lowest BCUT2D eigenvalue weighted by atomic mass is 10.2. The number of hydrogen-bond acceptors (Lipinski definition) is 1. The molecule has 0 aliphatic rings. The summed E-state index contributed by atoms with van der Waals surface area (Å²) < 4.78 is 10.8. The van der Waals surface area contributed by atoms with Crippen LogP contribution in [0.5, 0.6) is 0 Å². The van der Waals surface area contributed by atoms with Crippen molar-refractivity contribution in [1.82, 2.24) is 0 Å². The molecular formula is C8H11O3P. The van der Waals surface area contributed by atoms with Crippen LogP contribution in [0.3, 0.4) is 0 Å². The Kier molecular flexibility index (Phi) is 2.68. The van der Waals surface area contributed by atoms with Crippen molar-refractivity contribution in [2.24, 2.45) is 0 Å². The minimum atomic E-state index is -4.06. The van der Waals surface area contributed by atoms with E-state index in [0.29, 0.717) is 0 Å². The zero-order valence-electron chi connectivity index (χ0n) is 6.77. The van der Waals surface area contributed by atoms with Gasteiger partial charge in [-0.3, -0.25) is 4.57 Å². The lowest BCUT2D eigenvalue weighted by Gasteiger charge is -2.04. The lowest BCUT2D eigenvalue weighted by Crippen LogP contribution is -2.03. The van der Waals surface area contributed by atoms with E-state index in [1.54, 1.807) is 12.1 Å². The largest absolute Gasteiger partial charge is 0.356 e. The Morgan fingerprint density at radius 3 is 2.58 bits per heavy atom. The predicted octanol–water partition coefficient (Wildman–Crippen LogP) is 1.05. The summed E-state index contributed by atoms with van der Waals surface area (Å²) in [5.74, 6) is 0. The fourth-order valence-electron chi connectivity index (χ4n) is 0.958. The topological polar surface area (TPSA) is 57.5 Å². The molecule has 1 rings (SSSR count). The van der Waals surface area contributed by atoms with E-state index < -0.39 is 7.60 Å². The Morgan fingerprint density at radius 2 is 2.08 bits per heavy atom. The monoisotopic (exact) mass is 186 g/mol. The zero-order valence-corrected chi connectivity index (χ0v) is 7.66. The summed E-state index contributed by atoms with van der Waals surface area (Å²) in [6.45, 7) is 1.94. The highest BCUT2D eigenvalue weighted by Gasteiger charge is 2.16. The molecule has 0 saturated carbocycles. The molecule has 0 aromatic heterocycles. The highest BCUT2D eigenvalue weighted by molar-refractivity contribution is 7.60. The van der Waals surface area contributed by atoms with Gasteiger partial charge in [0.15, 0.2) is 0 Å². The van der Waals surface area contributed by atoms with Crippen molar-refractivity contribution in [3.63, 3.8) is 0 Å². The zero-order chi connectivity index (χ0) is 9.19. The van der Waals surface area contributed by atoms with Crippen molar-refractivity contribution in [3.05, 3.63) is 29.8 Å². The summed E-state index contributed by atoms with van der Waals surface area (Å²) in [4.78, 5) is 17.6. The maximum Gasteiger partial charge on any atom is 0.356 e. The second-order valence-electron chi connectivity index (χ2n) is 2.57. The Morgan fingerprint density at radius 1 is 1.42 bits per heavy atom. The Labute approximate surface area is 71.2 Å². The third-order valence-electron chi connectivity index (χ3n) is 1.66. The van der Waals surface area contributed by atoms with Gasteiger partial charge in [0.1, 0.15) is 0 Å². The summed E-state index contributed by atoms with van der Waals surface area (Å²) >= 11 is 0. The normalized spacial score (nSPS) is 11.6. The summed E-state index contributed by atoms with van der Waals surface area (Å²) in [5, 5.41) is 0.0989. The van der Waals surface area contributed by atoms with Crippen LogP contribution in [0.2, 0.25) is 0 Å². The van der Waals surface area contributed by atoms with Crippen LogP contribution in [0.1, 0.15) is 12.5 Å². The van der Waals surface area contributed by atoms with Crippen LogP contribution >= 0.6 is 7.60 Å². The average Bonchev–Trinajstić information content (AvgIpc) is 2.03. The minimum absolute atomic E-state index is 0.0989. The maximum atomic E-state index is 10.8. The van der Waals surface area contributed by atoms with Crippen LogP contribution in [-0.2, 0) is 11.0 Å². The Bertz CT molecular complexity index is 316. The molecule has 4 heteroatoms. The number of aryl methyl sites for hydroxylation is 1. The molecule has 1 aromatic carbocycles. The van der Waals surface area contributed by atoms with Gasteiger partial charge in [0.25, 0.3) is 0 Å². The lowest BCUT2D eigenvalue weighted by molar-refractivity contribution is 0.387. The van der Waals surface area contributed by atoms with Gasteiger partial charge in [-0.2, -0.15) is 0 Å². The molecule has 0 amide bonds. The molecule has 0 radical (unpaired) electrons. The molecule has 0 heterocycles. The van der Waals surface area contributed by atoms with Gasteiger partial charge in [-0.05, 0) is 24.1 Å². The first-order chi connectivity index (χ1) is 5.54. The van der Waals surface area contributed by atoms with Crippen molar-refractivity contribution in [1.29, 1.82) is 0 Å². The third-order valence-corrected chi connectivity index (χ3v) is 2.61. The van der Waals surface area contributed by atoms with E-state index in [1.165, 1.54) is 6.07 Å². The minimum Gasteiger partial charge on any atom is -0.321 e. The predicted molar refractivity (Wildman–Crippen MR) is 47.5 cm³/mol. The first-order valence-electron chi connectivity index (χ1n) is 3.69. The van der Waals surface area contributed by atoms with Crippen LogP contribution in [0.15, 0.2) is 24.3 Å². The van der Waals surface area contributed by atoms with Gasteiger partial charge >= 0.3 is 7.60 Å². The van der Waals surface area contributed by atoms with Crippen LogP contribution in [-0.4, -0.2) is 9.79 Å². The fourth-order valence-corrected chi connectivity index (χ4v) is 1.57. The molecule has 0 fully saturated rings. The van der Waals surface area contributed by atoms with Crippen LogP contribution in [0, 0.1) is 0 Å². The van der Waals surface area contributed by atoms with Gasteiger partial charge in [-0.1, -0.05) is 19.1 Å². The third kappa shape index (κ3) is 2.18. The first-order valence-corrected chi connectivity index (χ1v) is 5.30. The van der Waals surface area contributed by atoms with E-state index in [2.05, 4.69) is 0 Å². The Balaban J connectivity index is 3.11. The SMILES string of the molecule is CCc1cccc(P(=O)(O)O)c1. The molecule has 2 N–H and O–H groups in total. The van der Waals surface area contributed by atoms with Crippen LogP contribution < -0.4 is 5.30 Å². The van der Waals surface area contributed by atoms with E-state index >= 15 is 0 Å². The van der Waals surface area contributed by atoms with Crippen molar-refractivity contribution in [2.75, 3.05) is 0 Å². The standard InChI is InChI=1S/C8H11O3P/c1-2-7-4-3-5-8(6-7)12(9,10)11/h3-6H,2H2,1H3,(H2,9,10,11). The molecule has 0 bridgehead atoms. The van der Waals surface area contributed by atoms with Crippen molar-refractivity contribution in [2.45, 2.75) is 13.3 Å². The van der Waals surface area contributed by atoms with Crippen LogP contribution in [0.4, 0.5) is 0 Å². The summed E-state index contributed by atoms with van der Waals surface area (Å²) in [6, 6.07) is 6.49. The number of hydrogen-bond donors (Lipinski definition) is 2. The van der Waals surface area contributed by atoms with Gasteiger partial charge in [0.2, 0.25) is 0 Å². The second kappa shape index (κ2) is 3.40. The van der Waals surface area contributed by atoms with Crippen molar-refractivity contribution >= 4 is 12.9 Å². The average molecular weight is 186 g/mol. The molecule has 3 nitrogen and oxygen atoms in total. The van der Waals surface area contributed by atoms with Crippen molar-refractivity contribution < 1.29 is 14.4 Å².